The second-order valence-electron chi connectivity index (χ2n) is 5.40. The summed E-state index contributed by atoms with van der Waals surface area (Å²) < 4.78 is 0. The minimum atomic E-state index is 0.250. The molecule has 0 amide bonds. The van der Waals surface area contributed by atoms with Gasteiger partial charge in [-0.1, -0.05) is 0 Å². The van der Waals surface area contributed by atoms with E-state index in [1.165, 1.54) is 25.7 Å². The largest absolute Gasteiger partial charge is 0.351 e. The molecule has 6 nitrogen and oxygen atoms in total. The lowest BCUT2D eigenvalue weighted by atomic mass is 10.2. The summed E-state index contributed by atoms with van der Waals surface area (Å²) in [5, 5.41) is 3.32. The van der Waals surface area contributed by atoms with Gasteiger partial charge in [0.05, 0.1) is 13.1 Å². The van der Waals surface area contributed by atoms with Crippen LogP contribution in [0.15, 0.2) is 0 Å². The summed E-state index contributed by atoms with van der Waals surface area (Å²) in [5.74, 6) is 2.99. The number of ketones is 1. The summed E-state index contributed by atoms with van der Waals surface area (Å²) >= 11 is 0. The first-order valence-corrected chi connectivity index (χ1v) is 6.57. The van der Waals surface area contributed by atoms with Gasteiger partial charge < -0.3 is 10.2 Å². The van der Waals surface area contributed by atoms with Crippen LogP contribution in [-0.2, 0) is 4.79 Å². The molecule has 1 N–H and O–H groups in total. The van der Waals surface area contributed by atoms with Crippen LogP contribution in [0.3, 0.4) is 0 Å². The van der Waals surface area contributed by atoms with Gasteiger partial charge in [0.25, 0.3) is 0 Å². The van der Waals surface area contributed by atoms with Gasteiger partial charge >= 0.3 is 0 Å². The fraction of sp³-hybridized carbons (Fsp3) is 0.667. The summed E-state index contributed by atoms with van der Waals surface area (Å²) in [6.45, 7) is 0.883. The van der Waals surface area contributed by atoms with Crippen LogP contribution in [0, 0.1) is 0 Å². The van der Waals surface area contributed by atoms with Crippen molar-refractivity contribution < 1.29 is 4.79 Å². The van der Waals surface area contributed by atoms with Gasteiger partial charge in [-0.15, -0.1) is 0 Å². The maximum atomic E-state index is 11.1. The monoisotopic (exact) mass is 245 g/mol. The fourth-order valence-electron chi connectivity index (χ4n) is 2.04. The number of carbonyl (C=O) groups is 1. The van der Waals surface area contributed by atoms with Crippen LogP contribution < -0.4 is 10.2 Å². The number of aromatic nitrogens is 3. The third kappa shape index (κ3) is 1.91. The van der Waals surface area contributed by atoms with Gasteiger partial charge in [0.15, 0.2) is 5.78 Å². The number of anilines is 2. The minimum Gasteiger partial charge on any atom is -0.351 e. The van der Waals surface area contributed by atoms with E-state index in [0.717, 1.165) is 5.82 Å². The summed E-state index contributed by atoms with van der Waals surface area (Å²) in [6.07, 6.45) is 4.74. The Morgan fingerprint density at radius 3 is 2.44 bits per heavy atom. The Hall–Kier alpha value is -1.72. The molecule has 2 saturated carbocycles. The summed E-state index contributed by atoms with van der Waals surface area (Å²) in [4.78, 5) is 26.4. The van der Waals surface area contributed by atoms with E-state index >= 15 is 0 Å². The van der Waals surface area contributed by atoms with Gasteiger partial charge in [0, 0.05) is 12.0 Å². The molecule has 3 aliphatic rings. The van der Waals surface area contributed by atoms with E-state index in [2.05, 4.69) is 20.3 Å². The van der Waals surface area contributed by atoms with Crippen molar-refractivity contribution in [2.75, 3.05) is 23.3 Å². The second kappa shape index (κ2) is 3.63. The fourth-order valence-corrected chi connectivity index (χ4v) is 2.04. The predicted octanol–water partition coefficient (Wildman–Crippen LogP) is 0.712. The lowest BCUT2D eigenvalue weighted by Crippen LogP contribution is -2.48. The molecular formula is C12H15N5O. The Bertz CT molecular complexity index is 501. The van der Waals surface area contributed by atoms with Gasteiger partial charge in [0.2, 0.25) is 11.9 Å². The number of hydrogen-bond donors (Lipinski definition) is 1. The van der Waals surface area contributed by atoms with Crippen LogP contribution in [0.1, 0.15) is 37.4 Å². The van der Waals surface area contributed by atoms with Crippen molar-refractivity contribution in [1.82, 2.24) is 15.0 Å². The highest BCUT2D eigenvalue weighted by molar-refractivity contribution is 5.94. The first-order chi connectivity index (χ1) is 8.78. The van der Waals surface area contributed by atoms with Crippen molar-refractivity contribution in [2.24, 2.45) is 0 Å². The Morgan fingerprint density at radius 2 is 1.83 bits per heavy atom. The third-order valence-corrected chi connectivity index (χ3v) is 3.51. The molecule has 0 bridgehead atoms. The van der Waals surface area contributed by atoms with E-state index in [0.29, 0.717) is 36.9 Å². The zero-order valence-electron chi connectivity index (χ0n) is 10.1. The highest BCUT2D eigenvalue weighted by Crippen LogP contribution is 2.39. The molecule has 1 aromatic rings. The summed E-state index contributed by atoms with van der Waals surface area (Å²) in [6, 6.07) is 0.533. The predicted molar refractivity (Wildman–Crippen MR) is 65.7 cm³/mol. The normalized spacial score (nSPS) is 22.9. The first-order valence-electron chi connectivity index (χ1n) is 6.57. The summed E-state index contributed by atoms with van der Waals surface area (Å²) in [5.41, 5.74) is 0. The Kier molecular flexibility index (Phi) is 2.06. The number of rotatable bonds is 4. The molecule has 0 radical (unpaired) electrons. The standard InChI is InChI=1S/C12H15N5O/c18-9-5-17(6-9)12-15-10(7-1-2-7)14-11(16-12)13-8-3-4-8/h7-8H,1-6H2,(H,13,14,15,16). The first kappa shape index (κ1) is 10.2. The Morgan fingerprint density at radius 1 is 1.06 bits per heavy atom. The number of nitrogens with zero attached hydrogens (tertiary/aromatic N) is 4. The molecule has 6 heteroatoms. The number of nitrogens with one attached hydrogen (secondary N) is 1. The quantitative estimate of drug-likeness (QED) is 0.842. The molecule has 2 aliphatic carbocycles. The van der Waals surface area contributed by atoms with Crippen LogP contribution in [0.5, 0.6) is 0 Å². The van der Waals surface area contributed by atoms with Gasteiger partial charge in [0.1, 0.15) is 5.82 Å². The van der Waals surface area contributed by atoms with E-state index in [9.17, 15) is 4.79 Å². The molecule has 0 spiro atoms. The van der Waals surface area contributed by atoms with Crippen molar-refractivity contribution in [1.29, 1.82) is 0 Å². The summed E-state index contributed by atoms with van der Waals surface area (Å²) in [7, 11) is 0. The molecule has 3 fully saturated rings. The van der Waals surface area contributed by atoms with Crippen LogP contribution in [0.25, 0.3) is 0 Å². The molecule has 0 unspecified atom stereocenters. The average Bonchev–Trinajstić information content (AvgIpc) is 3.15. The van der Waals surface area contributed by atoms with Crippen molar-refractivity contribution in [2.45, 2.75) is 37.6 Å². The van der Waals surface area contributed by atoms with E-state index in [-0.39, 0.29) is 5.78 Å². The van der Waals surface area contributed by atoms with E-state index < -0.39 is 0 Å². The maximum absolute atomic E-state index is 11.1. The van der Waals surface area contributed by atoms with Crippen LogP contribution >= 0.6 is 0 Å². The van der Waals surface area contributed by atoms with E-state index in [1.54, 1.807) is 0 Å². The van der Waals surface area contributed by atoms with Crippen molar-refractivity contribution in [3.63, 3.8) is 0 Å². The lowest BCUT2D eigenvalue weighted by molar-refractivity contribution is -0.119. The average molecular weight is 245 g/mol. The molecule has 4 rings (SSSR count). The maximum Gasteiger partial charge on any atom is 0.231 e. The minimum absolute atomic E-state index is 0.250. The van der Waals surface area contributed by atoms with Crippen molar-refractivity contribution in [3.8, 4) is 0 Å². The molecule has 2 heterocycles. The van der Waals surface area contributed by atoms with Crippen LogP contribution in [0.4, 0.5) is 11.9 Å². The van der Waals surface area contributed by atoms with E-state index in [4.69, 9.17) is 0 Å². The van der Waals surface area contributed by atoms with Gasteiger partial charge in [-0.2, -0.15) is 15.0 Å². The van der Waals surface area contributed by atoms with Gasteiger partial charge in [-0.25, -0.2) is 0 Å². The molecule has 18 heavy (non-hydrogen) atoms. The van der Waals surface area contributed by atoms with Crippen molar-refractivity contribution >= 4 is 17.7 Å². The molecule has 0 aromatic carbocycles. The molecule has 1 saturated heterocycles. The van der Waals surface area contributed by atoms with Crippen molar-refractivity contribution in [3.05, 3.63) is 5.82 Å². The Labute approximate surface area is 105 Å². The van der Waals surface area contributed by atoms with Crippen LogP contribution in [0.2, 0.25) is 0 Å². The third-order valence-electron chi connectivity index (χ3n) is 3.51. The van der Waals surface area contributed by atoms with Gasteiger partial charge in [-0.05, 0) is 25.7 Å². The van der Waals surface area contributed by atoms with Gasteiger partial charge in [-0.3, -0.25) is 4.79 Å². The van der Waals surface area contributed by atoms with Crippen LogP contribution in [-0.4, -0.2) is 39.9 Å². The second-order valence-corrected chi connectivity index (χ2v) is 5.40. The molecule has 1 aliphatic heterocycles. The highest BCUT2D eigenvalue weighted by atomic mass is 16.1. The SMILES string of the molecule is O=C1CN(c2nc(NC3CC3)nc(C3CC3)n2)C1. The van der Waals surface area contributed by atoms with E-state index in [1.807, 2.05) is 4.90 Å². The lowest BCUT2D eigenvalue weighted by Gasteiger charge is -2.29. The topological polar surface area (TPSA) is 71.0 Å². The number of Topliss-reactive ketones (excluding diaryl/α,β-unsaturated/α-hetero) is 1. The zero-order valence-corrected chi connectivity index (χ0v) is 10.1. The molecule has 0 atom stereocenters. The number of hydrogen-bond acceptors (Lipinski definition) is 6. The zero-order chi connectivity index (χ0) is 12.1. The smallest absolute Gasteiger partial charge is 0.231 e. The Balaban J connectivity index is 1.62. The molecule has 94 valence electrons. The highest BCUT2D eigenvalue weighted by Gasteiger charge is 2.32. The molecule has 1 aromatic heterocycles. The number of carbonyl (C=O) groups excluding carboxylic acids is 1. The molecular weight excluding hydrogens is 230 g/mol.